The maximum Gasteiger partial charge on any atom is 0.254 e. The molecule has 1 heterocycles. The van der Waals surface area contributed by atoms with Crippen molar-refractivity contribution in [1.82, 2.24) is 4.90 Å². The first kappa shape index (κ1) is 17.1. The highest BCUT2D eigenvalue weighted by Gasteiger charge is 2.34. The Labute approximate surface area is 146 Å². The van der Waals surface area contributed by atoms with Gasteiger partial charge in [-0.2, -0.15) is 0 Å². The third-order valence-electron chi connectivity index (χ3n) is 4.62. The maximum atomic E-state index is 13.4. The number of carbonyl (C=O) groups excluding carboxylic acids is 2. The van der Waals surface area contributed by atoms with Crippen LogP contribution in [0.25, 0.3) is 0 Å². The zero-order valence-electron chi connectivity index (χ0n) is 14.4. The number of hydrogen-bond acceptors (Lipinski definition) is 2. The van der Waals surface area contributed by atoms with Gasteiger partial charge in [-0.05, 0) is 56.0 Å². The standard InChI is InChI=1S/C20H21FN2O2/c1-13-6-3-7-14(2)18(13)22-19(24)17-10-5-11-23(17)20(25)15-8-4-9-16(21)12-15/h3-4,6-9,12,17H,5,10-11H2,1-2H3,(H,22,24). The minimum absolute atomic E-state index is 0.195. The number of aryl methyl sites for hydroxylation is 2. The largest absolute Gasteiger partial charge is 0.327 e. The molecule has 0 spiro atoms. The number of benzene rings is 2. The van der Waals surface area contributed by atoms with Crippen LogP contribution in [0.1, 0.15) is 34.3 Å². The highest BCUT2D eigenvalue weighted by Crippen LogP contribution is 2.24. The zero-order valence-corrected chi connectivity index (χ0v) is 14.4. The molecule has 0 saturated carbocycles. The summed E-state index contributed by atoms with van der Waals surface area (Å²) in [6, 6.07) is 10.9. The van der Waals surface area contributed by atoms with E-state index in [0.717, 1.165) is 23.2 Å². The lowest BCUT2D eigenvalue weighted by Gasteiger charge is -2.25. The molecule has 1 aliphatic rings. The molecule has 1 aliphatic heterocycles. The van der Waals surface area contributed by atoms with Crippen molar-refractivity contribution in [2.24, 2.45) is 0 Å². The second kappa shape index (κ2) is 7.05. The quantitative estimate of drug-likeness (QED) is 0.926. The highest BCUT2D eigenvalue weighted by molar-refractivity contribution is 6.02. The molecule has 3 rings (SSSR count). The molecule has 2 amide bonds. The Balaban J connectivity index is 1.79. The fourth-order valence-corrected chi connectivity index (χ4v) is 3.29. The molecule has 1 fully saturated rings. The third-order valence-corrected chi connectivity index (χ3v) is 4.62. The van der Waals surface area contributed by atoms with Crippen LogP contribution < -0.4 is 5.32 Å². The molecular weight excluding hydrogens is 319 g/mol. The van der Waals surface area contributed by atoms with Crippen LogP contribution in [0.3, 0.4) is 0 Å². The van der Waals surface area contributed by atoms with Crippen LogP contribution in [0.5, 0.6) is 0 Å². The first-order valence-corrected chi connectivity index (χ1v) is 8.41. The fourth-order valence-electron chi connectivity index (χ4n) is 3.29. The van der Waals surface area contributed by atoms with Crippen LogP contribution in [-0.2, 0) is 4.79 Å². The summed E-state index contributed by atoms with van der Waals surface area (Å²) < 4.78 is 13.4. The lowest BCUT2D eigenvalue weighted by molar-refractivity contribution is -0.119. The summed E-state index contributed by atoms with van der Waals surface area (Å²) in [5.41, 5.74) is 3.02. The van der Waals surface area contributed by atoms with Gasteiger partial charge in [-0.1, -0.05) is 24.3 Å². The third kappa shape index (κ3) is 3.55. The van der Waals surface area contributed by atoms with E-state index in [4.69, 9.17) is 0 Å². The Morgan fingerprint density at radius 3 is 2.48 bits per heavy atom. The van der Waals surface area contributed by atoms with Crippen molar-refractivity contribution in [2.75, 3.05) is 11.9 Å². The summed E-state index contributed by atoms with van der Waals surface area (Å²) >= 11 is 0. The van der Waals surface area contributed by atoms with Gasteiger partial charge in [0.15, 0.2) is 0 Å². The monoisotopic (exact) mass is 340 g/mol. The van der Waals surface area contributed by atoms with Gasteiger partial charge >= 0.3 is 0 Å². The van der Waals surface area contributed by atoms with E-state index in [-0.39, 0.29) is 17.4 Å². The Morgan fingerprint density at radius 1 is 1.12 bits per heavy atom. The number of halogens is 1. The summed E-state index contributed by atoms with van der Waals surface area (Å²) in [6.07, 6.45) is 1.36. The van der Waals surface area contributed by atoms with E-state index < -0.39 is 11.9 Å². The van der Waals surface area contributed by atoms with Crippen molar-refractivity contribution in [1.29, 1.82) is 0 Å². The van der Waals surface area contributed by atoms with E-state index in [1.807, 2.05) is 32.0 Å². The second-order valence-corrected chi connectivity index (χ2v) is 6.42. The van der Waals surface area contributed by atoms with Crippen LogP contribution in [0, 0.1) is 19.7 Å². The Bertz CT molecular complexity index is 799. The minimum atomic E-state index is -0.533. The molecule has 0 radical (unpaired) electrons. The summed E-state index contributed by atoms with van der Waals surface area (Å²) in [6.45, 7) is 4.38. The van der Waals surface area contributed by atoms with Gasteiger partial charge in [-0.3, -0.25) is 9.59 Å². The van der Waals surface area contributed by atoms with Crippen molar-refractivity contribution in [3.05, 3.63) is 65.0 Å². The molecular formula is C20H21FN2O2. The number of anilines is 1. The molecule has 0 aliphatic carbocycles. The zero-order chi connectivity index (χ0) is 18.0. The number of hydrogen-bond donors (Lipinski definition) is 1. The second-order valence-electron chi connectivity index (χ2n) is 6.42. The highest BCUT2D eigenvalue weighted by atomic mass is 19.1. The average molecular weight is 340 g/mol. The van der Waals surface area contributed by atoms with Crippen molar-refractivity contribution >= 4 is 17.5 Å². The first-order chi connectivity index (χ1) is 12.0. The van der Waals surface area contributed by atoms with Crippen molar-refractivity contribution in [2.45, 2.75) is 32.7 Å². The van der Waals surface area contributed by atoms with E-state index in [9.17, 15) is 14.0 Å². The van der Waals surface area contributed by atoms with Crippen LogP contribution in [-0.4, -0.2) is 29.3 Å². The van der Waals surface area contributed by atoms with Gasteiger partial charge in [0, 0.05) is 17.8 Å². The molecule has 130 valence electrons. The van der Waals surface area contributed by atoms with E-state index in [0.29, 0.717) is 13.0 Å². The van der Waals surface area contributed by atoms with Crippen LogP contribution in [0.15, 0.2) is 42.5 Å². The number of likely N-dealkylation sites (tertiary alicyclic amines) is 1. The molecule has 1 unspecified atom stereocenters. The van der Waals surface area contributed by atoms with E-state index >= 15 is 0 Å². The molecule has 1 saturated heterocycles. The van der Waals surface area contributed by atoms with Crippen LogP contribution >= 0.6 is 0 Å². The smallest absolute Gasteiger partial charge is 0.254 e. The molecule has 1 atom stereocenters. The molecule has 0 bridgehead atoms. The van der Waals surface area contributed by atoms with Gasteiger partial charge in [0.05, 0.1) is 0 Å². The Kier molecular flexibility index (Phi) is 4.83. The maximum absolute atomic E-state index is 13.4. The predicted molar refractivity (Wildman–Crippen MR) is 95.0 cm³/mol. The fraction of sp³-hybridized carbons (Fsp3) is 0.300. The number of rotatable bonds is 3. The van der Waals surface area contributed by atoms with Crippen molar-refractivity contribution in [3.8, 4) is 0 Å². The molecule has 2 aromatic rings. The van der Waals surface area contributed by atoms with Crippen molar-refractivity contribution in [3.63, 3.8) is 0 Å². The molecule has 5 heteroatoms. The van der Waals surface area contributed by atoms with Gasteiger partial charge in [0.1, 0.15) is 11.9 Å². The molecule has 25 heavy (non-hydrogen) atoms. The lowest BCUT2D eigenvalue weighted by atomic mass is 10.1. The molecule has 1 N–H and O–H groups in total. The van der Waals surface area contributed by atoms with Crippen molar-refractivity contribution < 1.29 is 14.0 Å². The summed E-state index contributed by atoms with van der Waals surface area (Å²) in [4.78, 5) is 27.0. The molecule has 2 aromatic carbocycles. The van der Waals surface area contributed by atoms with Crippen LogP contribution in [0.4, 0.5) is 10.1 Å². The number of nitrogens with one attached hydrogen (secondary N) is 1. The Hall–Kier alpha value is -2.69. The van der Waals surface area contributed by atoms with E-state index in [1.165, 1.54) is 23.1 Å². The predicted octanol–water partition coefficient (Wildman–Crippen LogP) is 3.69. The van der Waals surface area contributed by atoms with Gasteiger partial charge in [-0.25, -0.2) is 4.39 Å². The number of carbonyl (C=O) groups is 2. The van der Waals surface area contributed by atoms with E-state index in [1.54, 1.807) is 6.07 Å². The molecule has 4 nitrogen and oxygen atoms in total. The minimum Gasteiger partial charge on any atom is -0.327 e. The SMILES string of the molecule is Cc1cccc(C)c1NC(=O)C1CCCN1C(=O)c1cccc(F)c1. The normalized spacial score (nSPS) is 16.8. The van der Waals surface area contributed by atoms with E-state index in [2.05, 4.69) is 5.32 Å². The lowest BCUT2D eigenvalue weighted by Crippen LogP contribution is -2.43. The molecule has 0 aromatic heterocycles. The summed E-state index contributed by atoms with van der Waals surface area (Å²) in [5.74, 6) is -0.958. The van der Waals surface area contributed by atoms with Gasteiger partial charge in [-0.15, -0.1) is 0 Å². The van der Waals surface area contributed by atoms with Gasteiger partial charge in [0.25, 0.3) is 5.91 Å². The topological polar surface area (TPSA) is 49.4 Å². The number of para-hydroxylation sites is 1. The van der Waals surface area contributed by atoms with Gasteiger partial charge in [0.2, 0.25) is 5.91 Å². The average Bonchev–Trinajstić information content (AvgIpc) is 3.07. The number of amides is 2. The summed E-state index contributed by atoms with van der Waals surface area (Å²) in [5, 5.41) is 2.96. The van der Waals surface area contributed by atoms with Crippen LogP contribution in [0.2, 0.25) is 0 Å². The Morgan fingerprint density at radius 2 is 1.80 bits per heavy atom. The van der Waals surface area contributed by atoms with Gasteiger partial charge < -0.3 is 10.2 Å². The first-order valence-electron chi connectivity index (χ1n) is 8.41. The number of nitrogens with zero attached hydrogens (tertiary/aromatic N) is 1. The summed E-state index contributed by atoms with van der Waals surface area (Å²) in [7, 11) is 0.